The Morgan fingerprint density at radius 1 is 1.30 bits per heavy atom. The van der Waals surface area contributed by atoms with E-state index in [2.05, 4.69) is 11.4 Å². The molecule has 0 bridgehead atoms. The van der Waals surface area contributed by atoms with Gasteiger partial charge in [0.15, 0.2) is 0 Å². The summed E-state index contributed by atoms with van der Waals surface area (Å²) in [5.74, 6) is -0.798. The van der Waals surface area contributed by atoms with E-state index < -0.39 is 11.2 Å². The number of hydrogen-bond acceptors (Lipinski definition) is 2. The summed E-state index contributed by atoms with van der Waals surface area (Å²) in [5.41, 5.74) is -0.647. The normalized spacial score (nSPS) is 17.9. The van der Waals surface area contributed by atoms with Crippen LogP contribution in [-0.2, 0) is 4.79 Å². The molecular weight excluding hydrogens is 279 g/mol. The average Bonchev–Trinajstić information content (AvgIpc) is 2.68. The molecule has 0 aliphatic heterocycles. The molecular formula is C15H16ClFN2O. The molecule has 0 atom stereocenters. The van der Waals surface area contributed by atoms with Crippen molar-refractivity contribution in [1.82, 2.24) is 0 Å². The SMILES string of the molecule is N#CC1(C(=O)Nc2ccc(F)cc2Cl)CCCCCC1. The van der Waals surface area contributed by atoms with Crippen molar-refractivity contribution < 1.29 is 9.18 Å². The van der Waals surface area contributed by atoms with Gasteiger partial charge in [0.05, 0.1) is 16.8 Å². The number of nitrogens with zero attached hydrogens (tertiary/aromatic N) is 1. The van der Waals surface area contributed by atoms with Crippen LogP contribution in [0.25, 0.3) is 0 Å². The molecule has 0 heterocycles. The summed E-state index contributed by atoms with van der Waals surface area (Å²) in [5, 5.41) is 12.2. The Kier molecular flexibility index (Phi) is 4.61. The summed E-state index contributed by atoms with van der Waals surface area (Å²) in [6.07, 6.45) is 4.97. The molecule has 0 radical (unpaired) electrons. The first-order chi connectivity index (χ1) is 9.57. The van der Waals surface area contributed by atoms with Crippen molar-refractivity contribution in [3.63, 3.8) is 0 Å². The first-order valence-electron chi connectivity index (χ1n) is 6.75. The lowest BCUT2D eigenvalue weighted by Crippen LogP contribution is -2.34. The second-order valence-electron chi connectivity index (χ2n) is 5.19. The summed E-state index contributed by atoms with van der Waals surface area (Å²) in [6.45, 7) is 0. The van der Waals surface area contributed by atoms with E-state index in [0.29, 0.717) is 18.5 Å². The Bertz CT molecular complexity index is 545. The predicted molar refractivity (Wildman–Crippen MR) is 75.8 cm³/mol. The molecule has 20 heavy (non-hydrogen) atoms. The topological polar surface area (TPSA) is 52.9 Å². The fraction of sp³-hybridized carbons (Fsp3) is 0.467. The van der Waals surface area contributed by atoms with Gasteiger partial charge >= 0.3 is 0 Å². The molecule has 0 spiro atoms. The molecule has 0 aromatic heterocycles. The summed E-state index contributed by atoms with van der Waals surface area (Å²) in [7, 11) is 0. The Morgan fingerprint density at radius 3 is 2.50 bits per heavy atom. The van der Waals surface area contributed by atoms with Crippen molar-refractivity contribution in [2.45, 2.75) is 38.5 Å². The van der Waals surface area contributed by atoms with Gasteiger partial charge in [-0.3, -0.25) is 4.79 Å². The minimum absolute atomic E-state index is 0.139. The van der Waals surface area contributed by atoms with Crippen LogP contribution in [0.2, 0.25) is 5.02 Å². The molecule has 1 aromatic rings. The van der Waals surface area contributed by atoms with E-state index in [1.807, 2.05) is 0 Å². The van der Waals surface area contributed by atoms with Crippen molar-refractivity contribution in [2.24, 2.45) is 5.41 Å². The average molecular weight is 295 g/mol. The quantitative estimate of drug-likeness (QED) is 0.828. The smallest absolute Gasteiger partial charge is 0.244 e. The van der Waals surface area contributed by atoms with E-state index in [0.717, 1.165) is 31.7 Å². The summed E-state index contributed by atoms with van der Waals surface area (Å²) in [6, 6.07) is 5.97. The number of benzene rings is 1. The number of anilines is 1. The minimum atomic E-state index is -0.992. The first kappa shape index (κ1) is 14.8. The molecule has 1 aliphatic carbocycles. The lowest BCUT2D eigenvalue weighted by atomic mass is 9.81. The molecule has 0 saturated heterocycles. The van der Waals surface area contributed by atoms with Crippen LogP contribution in [0.3, 0.4) is 0 Å². The second kappa shape index (κ2) is 6.23. The highest BCUT2D eigenvalue weighted by atomic mass is 35.5. The predicted octanol–water partition coefficient (Wildman–Crippen LogP) is 4.28. The first-order valence-corrected chi connectivity index (χ1v) is 7.13. The molecule has 5 heteroatoms. The molecule has 1 aromatic carbocycles. The third-order valence-electron chi connectivity index (χ3n) is 3.79. The van der Waals surface area contributed by atoms with E-state index in [9.17, 15) is 14.4 Å². The maximum atomic E-state index is 13.0. The van der Waals surface area contributed by atoms with Crippen molar-refractivity contribution in [3.05, 3.63) is 29.0 Å². The van der Waals surface area contributed by atoms with Gasteiger partial charge in [-0.2, -0.15) is 5.26 Å². The van der Waals surface area contributed by atoms with Crippen LogP contribution < -0.4 is 5.32 Å². The van der Waals surface area contributed by atoms with E-state index in [1.54, 1.807) is 0 Å². The fourth-order valence-corrected chi connectivity index (χ4v) is 2.77. The maximum absolute atomic E-state index is 13.0. The molecule has 1 aliphatic rings. The fourth-order valence-electron chi connectivity index (χ4n) is 2.55. The van der Waals surface area contributed by atoms with Crippen LogP contribution in [0.15, 0.2) is 18.2 Å². The van der Waals surface area contributed by atoms with Crippen LogP contribution in [0.5, 0.6) is 0 Å². The van der Waals surface area contributed by atoms with Gasteiger partial charge in [-0.1, -0.05) is 37.3 Å². The summed E-state index contributed by atoms with van der Waals surface area (Å²) < 4.78 is 13.0. The van der Waals surface area contributed by atoms with E-state index in [-0.39, 0.29) is 10.9 Å². The van der Waals surface area contributed by atoms with Gasteiger partial charge in [0.25, 0.3) is 0 Å². The van der Waals surface area contributed by atoms with Gasteiger partial charge in [0, 0.05) is 0 Å². The molecule has 1 saturated carbocycles. The van der Waals surface area contributed by atoms with Crippen molar-refractivity contribution in [2.75, 3.05) is 5.32 Å². The largest absolute Gasteiger partial charge is 0.323 e. The highest BCUT2D eigenvalue weighted by Crippen LogP contribution is 2.36. The summed E-state index contributed by atoms with van der Waals surface area (Å²) in [4.78, 5) is 12.4. The number of hydrogen-bond donors (Lipinski definition) is 1. The minimum Gasteiger partial charge on any atom is -0.323 e. The highest BCUT2D eigenvalue weighted by Gasteiger charge is 2.39. The molecule has 2 rings (SSSR count). The zero-order valence-electron chi connectivity index (χ0n) is 11.1. The van der Waals surface area contributed by atoms with E-state index in [1.165, 1.54) is 12.1 Å². The lowest BCUT2D eigenvalue weighted by molar-refractivity contribution is -0.123. The monoisotopic (exact) mass is 294 g/mol. The number of carbonyl (C=O) groups excluding carboxylic acids is 1. The summed E-state index contributed by atoms with van der Waals surface area (Å²) >= 11 is 5.90. The second-order valence-corrected chi connectivity index (χ2v) is 5.59. The van der Waals surface area contributed by atoms with Gasteiger partial charge < -0.3 is 5.32 Å². The molecule has 3 nitrogen and oxygen atoms in total. The number of carbonyl (C=O) groups is 1. The molecule has 1 fully saturated rings. The van der Waals surface area contributed by atoms with Crippen LogP contribution in [0.1, 0.15) is 38.5 Å². The van der Waals surface area contributed by atoms with Crippen LogP contribution >= 0.6 is 11.6 Å². The number of halogens is 2. The number of amides is 1. The zero-order valence-corrected chi connectivity index (χ0v) is 11.8. The Labute approximate surface area is 122 Å². The lowest BCUT2D eigenvalue weighted by Gasteiger charge is -2.23. The molecule has 106 valence electrons. The van der Waals surface area contributed by atoms with E-state index >= 15 is 0 Å². The van der Waals surface area contributed by atoms with E-state index in [4.69, 9.17) is 11.6 Å². The highest BCUT2D eigenvalue weighted by molar-refractivity contribution is 6.33. The molecule has 1 amide bonds. The van der Waals surface area contributed by atoms with Crippen LogP contribution in [0, 0.1) is 22.6 Å². The zero-order chi connectivity index (χ0) is 14.6. The van der Waals surface area contributed by atoms with Gasteiger partial charge in [-0.05, 0) is 31.0 Å². The van der Waals surface area contributed by atoms with Gasteiger partial charge in [-0.15, -0.1) is 0 Å². The molecule has 1 N–H and O–H groups in total. The Morgan fingerprint density at radius 2 is 1.95 bits per heavy atom. The van der Waals surface area contributed by atoms with Gasteiger partial charge in [0.2, 0.25) is 5.91 Å². The Hall–Kier alpha value is -1.60. The third kappa shape index (κ3) is 3.10. The Balaban J connectivity index is 2.19. The standard InChI is InChI=1S/C15H16ClFN2O/c16-12-9-11(17)5-6-13(12)19-14(20)15(10-18)7-3-1-2-4-8-15/h5-6,9H,1-4,7-8H2,(H,19,20). The van der Waals surface area contributed by atoms with Crippen LogP contribution in [0.4, 0.5) is 10.1 Å². The van der Waals surface area contributed by atoms with Gasteiger partial charge in [0.1, 0.15) is 11.2 Å². The third-order valence-corrected chi connectivity index (χ3v) is 4.10. The van der Waals surface area contributed by atoms with Gasteiger partial charge in [-0.25, -0.2) is 4.39 Å². The number of rotatable bonds is 2. The molecule has 0 unspecified atom stereocenters. The van der Waals surface area contributed by atoms with Crippen molar-refractivity contribution in [1.29, 1.82) is 5.26 Å². The number of nitriles is 1. The van der Waals surface area contributed by atoms with Crippen LogP contribution in [-0.4, -0.2) is 5.91 Å². The van der Waals surface area contributed by atoms with Crippen molar-refractivity contribution >= 4 is 23.2 Å². The maximum Gasteiger partial charge on any atom is 0.244 e. The van der Waals surface area contributed by atoms with Crippen molar-refractivity contribution in [3.8, 4) is 6.07 Å². The number of nitrogens with one attached hydrogen (secondary N) is 1.